The predicted octanol–water partition coefficient (Wildman–Crippen LogP) is 1.56. The average Bonchev–Trinajstić information content (AvgIpc) is 2.91. The number of rotatable bonds is 5. The highest BCUT2D eigenvalue weighted by atomic mass is 35.5. The van der Waals surface area contributed by atoms with Gasteiger partial charge in [0.2, 0.25) is 5.91 Å². The summed E-state index contributed by atoms with van der Waals surface area (Å²) in [7, 11) is 0. The van der Waals surface area contributed by atoms with Crippen LogP contribution in [0.2, 0.25) is 0 Å². The Hall–Kier alpha value is -1.73. The number of nitrogens with one attached hydrogen (secondary N) is 1. The fourth-order valence-electron chi connectivity index (χ4n) is 2.10. The van der Waals surface area contributed by atoms with Crippen molar-refractivity contribution in [3.8, 4) is 0 Å². The summed E-state index contributed by atoms with van der Waals surface area (Å²) in [5.41, 5.74) is 5.87. The van der Waals surface area contributed by atoms with Crippen molar-refractivity contribution in [3.05, 3.63) is 29.8 Å². The summed E-state index contributed by atoms with van der Waals surface area (Å²) >= 11 is 0. The summed E-state index contributed by atoms with van der Waals surface area (Å²) in [5, 5.41) is 2.14. The van der Waals surface area contributed by atoms with Gasteiger partial charge in [0.15, 0.2) is 0 Å². The molecule has 1 aliphatic rings. The van der Waals surface area contributed by atoms with E-state index in [0.717, 1.165) is 6.42 Å². The summed E-state index contributed by atoms with van der Waals surface area (Å²) in [5.74, 6) is -3.66. The van der Waals surface area contributed by atoms with Gasteiger partial charge < -0.3 is 16.0 Å². The molecule has 0 unspecified atom stereocenters. The summed E-state index contributed by atoms with van der Waals surface area (Å²) < 4.78 is 25.9. The standard InChI is InChI=1S/C14H17F2N3O2.ClH/c15-14(16,8-17)9-18-13(21)10-3-5-11(6-4-10)19-7-1-2-12(19)20;/h3-6H,1-2,7-9,17H2,(H,18,21);1H. The number of amides is 2. The monoisotopic (exact) mass is 333 g/mol. The molecule has 0 aliphatic carbocycles. The SMILES string of the molecule is Cl.NCC(F)(F)CNC(=O)c1ccc(N2CCCC2=O)cc1. The molecule has 1 fully saturated rings. The van der Waals surface area contributed by atoms with Crippen molar-refractivity contribution in [1.82, 2.24) is 5.32 Å². The number of carbonyl (C=O) groups excluding carboxylic acids is 2. The number of alkyl halides is 2. The second-order valence-corrected chi connectivity index (χ2v) is 4.94. The van der Waals surface area contributed by atoms with Crippen molar-refractivity contribution in [3.63, 3.8) is 0 Å². The molecule has 122 valence electrons. The first kappa shape index (κ1) is 18.3. The van der Waals surface area contributed by atoms with Gasteiger partial charge in [0, 0.05) is 24.2 Å². The van der Waals surface area contributed by atoms with Crippen LogP contribution in [-0.4, -0.2) is 37.4 Å². The molecule has 1 heterocycles. The average molecular weight is 334 g/mol. The first-order chi connectivity index (χ1) is 9.93. The van der Waals surface area contributed by atoms with Crippen molar-refractivity contribution in [2.45, 2.75) is 18.8 Å². The molecule has 2 rings (SSSR count). The van der Waals surface area contributed by atoms with E-state index in [1.165, 1.54) is 12.1 Å². The highest BCUT2D eigenvalue weighted by Gasteiger charge is 2.27. The molecule has 0 saturated carbocycles. The molecular weight excluding hydrogens is 316 g/mol. The molecule has 1 aliphatic heterocycles. The van der Waals surface area contributed by atoms with Gasteiger partial charge in [-0.2, -0.15) is 0 Å². The van der Waals surface area contributed by atoms with Crippen LogP contribution in [0.1, 0.15) is 23.2 Å². The molecule has 0 radical (unpaired) electrons. The minimum atomic E-state index is -3.11. The zero-order valence-electron chi connectivity index (χ0n) is 11.9. The lowest BCUT2D eigenvalue weighted by molar-refractivity contribution is -0.117. The van der Waals surface area contributed by atoms with E-state index in [9.17, 15) is 18.4 Å². The minimum Gasteiger partial charge on any atom is -0.346 e. The van der Waals surface area contributed by atoms with Gasteiger partial charge in [-0.3, -0.25) is 9.59 Å². The Bertz CT molecular complexity index is 537. The quantitative estimate of drug-likeness (QED) is 0.858. The molecule has 2 amide bonds. The molecule has 0 atom stereocenters. The Kier molecular flexibility index (Phi) is 6.25. The van der Waals surface area contributed by atoms with Crippen LogP contribution in [-0.2, 0) is 4.79 Å². The zero-order valence-corrected chi connectivity index (χ0v) is 12.7. The van der Waals surface area contributed by atoms with E-state index in [1.54, 1.807) is 17.0 Å². The number of nitrogens with two attached hydrogens (primary N) is 1. The molecule has 5 nitrogen and oxygen atoms in total. The van der Waals surface area contributed by atoms with Gasteiger partial charge in [0.25, 0.3) is 11.8 Å². The maximum atomic E-state index is 13.0. The van der Waals surface area contributed by atoms with Crippen LogP contribution in [0, 0.1) is 0 Å². The van der Waals surface area contributed by atoms with Crippen LogP contribution in [0.4, 0.5) is 14.5 Å². The second kappa shape index (κ2) is 7.51. The van der Waals surface area contributed by atoms with Crippen molar-refractivity contribution >= 4 is 29.9 Å². The van der Waals surface area contributed by atoms with Crippen molar-refractivity contribution in [2.24, 2.45) is 5.73 Å². The lowest BCUT2D eigenvalue weighted by Gasteiger charge is -2.16. The Balaban J connectivity index is 0.00000242. The molecule has 3 N–H and O–H groups in total. The van der Waals surface area contributed by atoms with Crippen molar-refractivity contribution < 1.29 is 18.4 Å². The largest absolute Gasteiger partial charge is 0.346 e. The highest BCUT2D eigenvalue weighted by Crippen LogP contribution is 2.21. The van der Waals surface area contributed by atoms with E-state index in [4.69, 9.17) is 5.73 Å². The lowest BCUT2D eigenvalue weighted by atomic mass is 10.2. The molecule has 0 spiro atoms. The number of carbonyl (C=O) groups is 2. The van der Waals surface area contributed by atoms with Gasteiger partial charge in [-0.25, -0.2) is 8.78 Å². The first-order valence-electron chi connectivity index (χ1n) is 6.69. The molecular formula is C14H18ClF2N3O2. The molecule has 0 bridgehead atoms. The van der Waals surface area contributed by atoms with Crippen LogP contribution in [0.5, 0.6) is 0 Å². The summed E-state index contributed by atoms with van der Waals surface area (Å²) in [6, 6.07) is 6.30. The number of halogens is 3. The van der Waals surface area contributed by atoms with E-state index >= 15 is 0 Å². The van der Waals surface area contributed by atoms with E-state index in [1.807, 2.05) is 0 Å². The normalized spacial score (nSPS) is 14.7. The maximum absolute atomic E-state index is 13.0. The third kappa shape index (κ3) is 4.38. The molecule has 1 saturated heterocycles. The zero-order chi connectivity index (χ0) is 15.5. The van der Waals surface area contributed by atoms with Crippen molar-refractivity contribution in [2.75, 3.05) is 24.5 Å². The van der Waals surface area contributed by atoms with Crippen LogP contribution in [0.15, 0.2) is 24.3 Å². The Morgan fingerprint density at radius 3 is 2.45 bits per heavy atom. The third-order valence-electron chi connectivity index (χ3n) is 3.32. The maximum Gasteiger partial charge on any atom is 0.277 e. The number of hydrogen-bond acceptors (Lipinski definition) is 3. The predicted molar refractivity (Wildman–Crippen MR) is 81.6 cm³/mol. The molecule has 8 heteroatoms. The Morgan fingerprint density at radius 1 is 1.32 bits per heavy atom. The first-order valence-corrected chi connectivity index (χ1v) is 6.69. The fraction of sp³-hybridized carbons (Fsp3) is 0.429. The Labute approximate surface area is 133 Å². The molecule has 0 aromatic heterocycles. The number of nitrogens with zero attached hydrogens (tertiary/aromatic N) is 1. The topological polar surface area (TPSA) is 75.4 Å². The van der Waals surface area contributed by atoms with Gasteiger partial charge in [-0.1, -0.05) is 0 Å². The number of hydrogen-bond donors (Lipinski definition) is 2. The number of anilines is 1. The summed E-state index contributed by atoms with van der Waals surface area (Å²) in [6.07, 6.45) is 1.34. The summed E-state index contributed by atoms with van der Waals surface area (Å²) in [6.45, 7) is -0.953. The van der Waals surface area contributed by atoms with Crippen LogP contribution >= 0.6 is 12.4 Å². The Morgan fingerprint density at radius 2 is 1.95 bits per heavy atom. The van der Waals surface area contributed by atoms with Gasteiger partial charge in [-0.15, -0.1) is 12.4 Å². The van der Waals surface area contributed by atoms with Gasteiger partial charge in [0.1, 0.15) is 0 Å². The van der Waals surface area contributed by atoms with E-state index < -0.39 is 24.9 Å². The summed E-state index contributed by atoms with van der Waals surface area (Å²) in [4.78, 5) is 25.0. The van der Waals surface area contributed by atoms with Crippen molar-refractivity contribution in [1.29, 1.82) is 0 Å². The highest BCUT2D eigenvalue weighted by molar-refractivity contribution is 5.97. The minimum absolute atomic E-state index is 0. The lowest BCUT2D eigenvalue weighted by Crippen LogP contribution is -2.41. The van der Waals surface area contributed by atoms with Gasteiger partial charge in [-0.05, 0) is 30.7 Å². The molecule has 1 aromatic carbocycles. The smallest absolute Gasteiger partial charge is 0.277 e. The number of benzene rings is 1. The van der Waals surface area contributed by atoms with Crippen LogP contribution in [0.3, 0.4) is 0 Å². The second-order valence-electron chi connectivity index (χ2n) is 4.94. The fourth-order valence-corrected chi connectivity index (χ4v) is 2.10. The third-order valence-corrected chi connectivity index (χ3v) is 3.32. The van der Waals surface area contributed by atoms with E-state index in [-0.39, 0.29) is 23.9 Å². The van der Waals surface area contributed by atoms with E-state index in [2.05, 4.69) is 5.32 Å². The van der Waals surface area contributed by atoms with Crippen LogP contribution < -0.4 is 16.0 Å². The van der Waals surface area contributed by atoms with Gasteiger partial charge in [0.05, 0.1) is 13.1 Å². The van der Waals surface area contributed by atoms with Gasteiger partial charge >= 0.3 is 0 Å². The molecule has 1 aromatic rings. The molecule has 22 heavy (non-hydrogen) atoms. The van der Waals surface area contributed by atoms with E-state index in [0.29, 0.717) is 18.7 Å². The van der Waals surface area contributed by atoms with Crippen LogP contribution in [0.25, 0.3) is 0 Å².